The van der Waals surface area contributed by atoms with Crippen LogP contribution in [0.3, 0.4) is 0 Å². The highest BCUT2D eigenvalue weighted by Crippen LogP contribution is 2.08. The molecular weight excluding hydrogens is 200 g/mol. The maximum absolute atomic E-state index is 5.85. The Bertz CT molecular complexity index is 199. The molecule has 4 nitrogen and oxygen atoms in total. The summed E-state index contributed by atoms with van der Waals surface area (Å²) in [6.45, 7) is 9.49. The first-order chi connectivity index (χ1) is 7.31. The van der Waals surface area contributed by atoms with Crippen molar-refractivity contribution < 1.29 is 0 Å². The van der Waals surface area contributed by atoms with Crippen molar-refractivity contribution in [3.8, 4) is 0 Å². The number of guanidine groups is 1. The van der Waals surface area contributed by atoms with E-state index in [1.54, 1.807) is 0 Å². The first-order valence-corrected chi connectivity index (χ1v) is 6.05. The van der Waals surface area contributed by atoms with Gasteiger partial charge in [-0.2, -0.15) is 0 Å². The Balaban J connectivity index is 4.38. The molecule has 0 bridgehead atoms. The molecule has 3 N–H and O–H groups in total. The van der Waals surface area contributed by atoms with Crippen molar-refractivity contribution in [1.29, 1.82) is 0 Å². The van der Waals surface area contributed by atoms with Gasteiger partial charge in [0.2, 0.25) is 0 Å². The summed E-state index contributed by atoms with van der Waals surface area (Å²) in [5, 5.41) is 3.13. The van der Waals surface area contributed by atoms with Gasteiger partial charge in [-0.25, -0.2) is 4.99 Å². The maximum Gasteiger partial charge on any atom is 0.189 e. The molecule has 0 saturated carbocycles. The predicted molar refractivity (Wildman–Crippen MR) is 71.7 cm³/mol. The molecule has 0 rings (SSSR count). The Morgan fingerprint density at radius 1 is 1.25 bits per heavy atom. The second-order valence-electron chi connectivity index (χ2n) is 5.36. The van der Waals surface area contributed by atoms with Gasteiger partial charge in [0.25, 0.3) is 0 Å². The van der Waals surface area contributed by atoms with Crippen molar-refractivity contribution in [2.24, 2.45) is 16.6 Å². The average Bonchev–Trinajstić information content (AvgIpc) is 1.97. The lowest BCUT2D eigenvalue weighted by atomic mass is 10.0. The molecular formula is C12H28N4. The highest BCUT2D eigenvalue weighted by atomic mass is 15.1. The quantitative estimate of drug-likeness (QED) is 0.532. The van der Waals surface area contributed by atoms with Crippen LogP contribution in [0.4, 0.5) is 0 Å². The number of rotatable bonds is 6. The minimum absolute atomic E-state index is 0.279. The average molecular weight is 228 g/mol. The molecule has 0 spiro atoms. The van der Waals surface area contributed by atoms with Gasteiger partial charge in [0.15, 0.2) is 5.96 Å². The number of aliphatic imine (C=N–C) groups is 1. The molecule has 4 heteroatoms. The lowest BCUT2D eigenvalue weighted by molar-refractivity contribution is 0.344. The van der Waals surface area contributed by atoms with Gasteiger partial charge in [-0.15, -0.1) is 0 Å². The fraction of sp³-hybridized carbons (Fsp3) is 0.917. The molecule has 0 aromatic carbocycles. The number of nitrogens with one attached hydrogen (secondary N) is 1. The predicted octanol–water partition coefficient (Wildman–Crippen LogP) is 1.28. The van der Waals surface area contributed by atoms with Gasteiger partial charge in [0.1, 0.15) is 0 Å². The van der Waals surface area contributed by atoms with Gasteiger partial charge in [0.05, 0.1) is 6.04 Å². The zero-order chi connectivity index (χ0) is 12.7. The molecule has 0 amide bonds. The van der Waals surface area contributed by atoms with Crippen LogP contribution in [-0.2, 0) is 0 Å². The van der Waals surface area contributed by atoms with E-state index < -0.39 is 0 Å². The van der Waals surface area contributed by atoms with Crippen LogP contribution in [-0.4, -0.2) is 43.6 Å². The van der Waals surface area contributed by atoms with Crippen molar-refractivity contribution in [1.82, 2.24) is 10.2 Å². The Morgan fingerprint density at radius 2 is 1.81 bits per heavy atom. The lowest BCUT2D eigenvalue weighted by Crippen LogP contribution is -2.39. The molecule has 1 atom stereocenters. The summed E-state index contributed by atoms with van der Waals surface area (Å²) in [4.78, 5) is 6.69. The van der Waals surface area contributed by atoms with E-state index in [4.69, 9.17) is 5.73 Å². The van der Waals surface area contributed by atoms with Crippen LogP contribution in [0.25, 0.3) is 0 Å². The van der Waals surface area contributed by atoms with Gasteiger partial charge >= 0.3 is 0 Å². The highest BCUT2D eigenvalue weighted by Gasteiger charge is 2.11. The van der Waals surface area contributed by atoms with Gasteiger partial charge in [-0.3, -0.25) is 0 Å². The van der Waals surface area contributed by atoms with Crippen LogP contribution in [0.5, 0.6) is 0 Å². The van der Waals surface area contributed by atoms with E-state index in [1.165, 1.54) is 0 Å². The third-order valence-electron chi connectivity index (χ3n) is 2.08. The van der Waals surface area contributed by atoms with Crippen LogP contribution in [0.2, 0.25) is 0 Å². The summed E-state index contributed by atoms with van der Waals surface area (Å²) in [6, 6.07) is 0.615. The molecule has 0 fully saturated rings. The van der Waals surface area contributed by atoms with Gasteiger partial charge in [0, 0.05) is 12.6 Å². The van der Waals surface area contributed by atoms with Crippen molar-refractivity contribution in [3.63, 3.8) is 0 Å². The zero-order valence-corrected chi connectivity index (χ0v) is 11.6. The Hall–Kier alpha value is -0.770. The second-order valence-corrected chi connectivity index (χ2v) is 5.36. The minimum Gasteiger partial charge on any atom is -0.370 e. The molecule has 0 aromatic rings. The van der Waals surface area contributed by atoms with Gasteiger partial charge in [-0.05, 0) is 40.3 Å². The van der Waals surface area contributed by atoms with Crippen LogP contribution >= 0.6 is 0 Å². The van der Waals surface area contributed by atoms with Crippen LogP contribution in [0.1, 0.15) is 34.1 Å². The highest BCUT2D eigenvalue weighted by molar-refractivity contribution is 5.78. The third-order valence-corrected chi connectivity index (χ3v) is 2.08. The summed E-state index contributed by atoms with van der Waals surface area (Å²) in [7, 11) is 4.13. The fourth-order valence-corrected chi connectivity index (χ4v) is 1.66. The van der Waals surface area contributed by atoms with Crippen molar-refractivity contribution >= 4 is 5.96 Å². The molecule has 96 valence electrons. The molecule has 0 aliphatic heterocycles. The molecule has 0 heterocycles. The molecule has 16 heavy (non-hydrogen) atoms. The smallest absolute Gasteiger partial charge is 0.189 e. The summed E-state index contributed by atoms with van der Waals surface area (Å²) >= 11 is 0. The van der Waals surface area contributed by atoms with Crippen molar-refractivity contribution in [3.05, 3.63) is 0 Å². The van der Waals surface area contributed by atoms with E-state index in [0.717, 1.165) is 13.0 Å². The monoisotopic (exact) mass is 228 g/mol. The van der Waals surface area contributed by atoms with E-state index in [1.807, 2.05) is 0 Å². The number of hydrogen-bond acceptors (Lipinski definition) is 2. The maximum atomic E-state index is 5.85. The molecule has 0 aliphatic rings. The van der Waals surface area contributed by atoms with Crippen molar-refractivity contribution in [2.45, 2.75) is 46.2 Å². The standard InChI is InChI=1S/C12H28N4/c1-9(2)7-11(8-16(5)6)15-12(13)14-10(3)4/h9-11H,7-8H2,1-6H3,(H3,13,14,15). The van der Waals surface area contributed by atoms with E-state index in [9.17, 15) is 0 Å². The zero-order valence-electron chi connectivity index (χ0n) is 11.6. The fourth-order valence-electron chi connectivity index (χ4n) is 1.66. The summed E-state index contributed by atoms with van der Waals surface area (Å²) in [5.74, 6) is 1.20. The Kier molecular flexibility index (Phi) is 7.13. The largest absolute Gasteiger partial charge is 0.370 e. The summed E-state index contributed by atoms with van der Waals surface area (Å²) in [6.07, 6.45) is 1.07. The SMILES string of the molecule is CC(C)CC(CN(C)C)N=C(N)NC(C)C. The number of hydrogen-bond donors (Lipinski definition) is 2. The normalized spacial score (nSPS) is 14.9. The van der Waals surface area contributed by atoms with E-state index in [0.29, 0.717) is 17.9 Å². The van der Waals surface area contributed by atoms with Crippen LogP contribution in [0.15, 0.2) is 4.99 Å². The van der Waals surface area contributed by atoms with E-state index >= 15 is 0 Å². The molecule has 0 aliphatic carbocycles. The molecule has 1 unspecified atom stereocenters. The number of nitrogens with two attached hydrogens (primary N) is 1. The number of likely N-dealkylation sites (N-methyl/N-ethyl adjacent to an activating group) is 1. The Labute approximate surface area is 100 Å². The summed E-state index contributed by atoms with van der Waals surface area (Å²) in [5.41, 5.74) is 5.85. The third kappa shape index (κ3) is 8.53. The van der Waals surface area contributed by atoms with Crippen LogP contribution < -0.4 is 11.1 Å². The second kappa shape index (κ2) is 7.49. The lowest BCUT2D eigenvalue weighted by Gasteiger charge is -2.20. The Morgan fingerprint density at radius 3 is 2.19 bits per heavy atom. The topological polar surface area (TPSA) is 53.6 Å². The first-order valence-electron chi connectivity index (χ1n) is 6.05. The minimum atomic E-state index is 0.279. The first kappa shape index (κ1) is 15.2. The molecule has 0 aromatic heterocycles. The molecule has 0 radical (unpaired) electrons. The van der Waals surface area contributed by atoms with Crippen molar-refractivity contribution in [2.75, 3.05) is 20.6 Å². The number of nitrogens with zero attached hydrogens (tertiary/aromatic N) is 2. The van der Waals surface area contributed by atoms with E-state index in [-0.39, 0.29) is 6.04 Å². The molecule has 0 saturated heterocycles. The summed E-state index contributed by atoms with van der Waals surface area (Å²) < 4.78 is 0. The van der Waals surface area contributed by atoms with Gasteiger partial charge in [-0.1, -0.05) is 13.8 Å². The van der Waals surface area contributed by atoms with E-state index in [2.05, 4.69) is 57.0 Å². The van der Waals surface area contributed by atoms with Crippen LogP contribution in [0, 0.1) is 5.92 Å². The van der Waals surface area contributed by atoms with Gasteiger partial charge < -0.3 is 16.0 Å².